The topological polar surface area (TPSA) is 103 Å². The smallest absolute Gasteiger partial charge is 0.228 e. The Kier molecular flexibility index (Phi) is 4.25. The second kappa shape index (κ2) is 7.13. The Hall–Kier alpha value is -3.31. The molecule has 2 N–H and O–H groups in total. The molecule has 0 bridgehead atoms. The zero-order valence-corrected chi connectivity index (χ0v) is 17.2. The first-order valence-electron chi connectivity index (χ1n) is 11.0. The number of nitrogens with one attached hydrogen (secondary N) is 2. The van der Waals surface area contributed by atoms with Gasteiger partial charge in [-0.2, -0.15) is 5.26 Å². The molecule has 6 heterocycles. The summed E-state index contributed by atoms with van der Waals surface area (Å²) in [4.78, 5) is 20.6. The Morgan fingerprint density at radius 3 is 2.65 bits per heavy atom. The number of fused-ring (bicyclic) bond motifs is 1. The van der Waals surface area contributed by atoms with Crippen LogP contribution in [0.1, 0.15) is 38.5 Å². The van der Waals surface area contributed by atoms with E-state index >= 15 is 0 Å². The van der Waals surface area contributed by atoms with Crippen molar-refractivity contribution in [1.82, 2.24) is 24.8 Å². The molecule has 156 valence electrons. The van der Waals surface area contributed by atoms with Gasteiger partial charge in [0.05, 0.1) is 11.6 Å². The van der Waals surface area contributed by atoms with E-state index in [1.54, 1.807) is 24.7 Å². The fraction of sp³-hybridized carbons (Fsp3) is 0.435. The van der Waals surface area contributed by atoms with Crippen molar-refractivity contribution in [3.05, 3.63) is 42.9 Å². The maximum Gasteiger partial charge on any atom is 0.228 e. The average Bonchev–Trinajstić information content (AvgIpc) is 2.75. The van der Waals surface area contributed by atoms with Gasteiger partial charge >= 0.3 is 0 Å². The summed E-state index contributed by atoms with van der Waals surface area (Å²) in [7, 11) is 0. The summed E-state index contributed by atoms with van der Waals surface area (Å²) in [6.07, 6.45) is 11.6. The van der Waals surface area contributed by atoms with Gasteiger partial charge in [-0.1, -0.05) is 0 Å². The van der Waals surface area contributed by atoms with Crippen molar-refractivity contribution in [3.8, 4) is 6.07 Å². The summed E-state index contributed by atoms with van der Waals surface area (Å²) >= 11 is 0. The molecule has 4 atom stereocenters. The molecule has 3 saturated heterocycles. The Morgan fingerprint density at radius 2 is 1.87 bits per heavy atom. The van der Waals surface area contributed by atoms with Crippen LogP contribution in [0.4, 0.5) is 17.6 Å². The van der Waals surface area contributed by atoms with Gasteiger partial charge in [0.25, 0.3) is 0 Å². The molecule has 3 aliphatic rings. The summed E-state index contributed by atoms with van der Waals surface area (Å²) in [6, 6.07) is 11.7. The van der Waals surface area contributed by atoms with Crippen LogP contribution in [0.15, 0.2) is 42.9 Å². The molecule has 1 unspecified atom stereocenters. The van der Waals surface area contributed by atoms with Crippen molar-refractivity contribution in [2.24, 2.45) is 0 Å². The Labute approximate surface area is 180 Å². The first kappa shape index (κ1) is 18.5. The average molecular weight is 413 g/mol. The van der Waals surface area contributed by atoms with E-state index in [4.69, 9.17) is 10.2 Å². The molecule has 3 aromatic rings. The van der Waals surface area contributed by atoms with Gasteiger partial charge in [0.1, 0.15) is 11.6 Å². The molecule has 3 aromatic heterocycles. The minimum absolute atomic E-state index is 0.338. The van der Waals surface area contributed by atoms with Crippen molar-refractivity contribution in [2.75, 3.05) is 10.6 Å². The van der Waals surface area contributed by atoms with Crippen molar-refractivity contribution in [1.29, 1.82) is 5.26 Å². The molecule has 8 nitrogen and oxygen atoms in total. The van der Waals surface area contributed by atoms with Crippen LogP contribution in [0.5, 0.6) is 0 Å². The SMILES string of the molecule is N#CCCC12C[C@H]3C[C@H](Nc4nc(Nc5ncccn5)cc5ncccc45)C[C@@H](C1)N32. The van der Waals surface area contributed by atoms with E-state index in [1.165, 1.54) is 12.8 Å². The van der Waals surface area contributed by atoms with Crippen LogP contribution in [0, 0.1) is 11.3 Å². The predicted octanol–water partition coefficient (Wildman–Crippen LogP) is 3.63. The molecule has 0 spiro atoms. The predicted molar refractivity (Wildman–Crippen MR) is 118 cm³/mol. The molecule has 0 aromatic carbocycles. The van der Waals surface area contributed by atoms with Gasteiger partial charge in [-0.15, -0.1) is 0 Å². The van der Waals surface area contributed by atoms with Gasteiger partial charge in [-0.25, -0.2) is 15.0 Å². The van der Waals surface area contributed by atoms with Crippen molar-refractivity contribution in [3.63, 3.8) is 0 Å². The van der Waals surface area contributed by atoms with E-state index in [2.05, 4.69) is 42.6 Å². The molecule has 31 heavy (non-hydrogen) atoms. The highest BCUT2D eigenvalue weighted by Crippen LogP contribution is 2.58. The van der Waals surface area contributed by atoms with E-state index in [1.807, 2.05) is 12.1 Å². The molecule has 0 radical (unpaired) electrons. The normalized spacial score (nSPS) is 28.7. The van der Waals surface area contributed by atoms with E-state index in [0.717, 1.165) is 36.0 Å². The molecule has 3 fully saturated rings. The van der Waals surface area contributed by atoms with E-state index in [9.17, 15) is 0 Å². The van der Waals surface area contributed by atoms with Gasteiger partial charge in [0, 0.05) is 60.1 Å². The highest BCUT2D eigenvalue weighted by Gasteiger charge is 2.64. The molecule has 6 rings (SSSR count). The van der Waals surface area contributed by atoms with Crippen LogP contribution in [-0.2, 0) is 0 Å². The van der Waals surface area contributed by atoms with Crippen LogP contribution in [0.2, 0.25) is 0 Å². The highest BCUT2D eigenvalue weighted by atomic mass is 15.4. The quantitative estimate of drug-likeness (QED) is 0.633. The van der Waals surface area contributed by atoms with Crippen LogP contribution in [0.25, 0.3) is 10.9 Å². The fourth-order valence-corrected chi connectivity index (χ4v) is 6.02. The van der Waals surface area contributed by atoms with Crippen molar-refractivity contribution >= 4 is 28.5 Å². The zero-order chi connectivity index (χ0) is 20.8. The number of nitrogens with zero attached hydrogens (tertiary/aromatic N) is 6. The van der Waals surface area contributed by atoms with Gasteiger partial charge in [0.15, 0.2) is 0 Å². The minimum Gasteiger partial charge on any atom is -0.367 e. The van der Waals surface area contributed by atoms with Crippen molar-refractivity contribution in [2.45, 2.75) is 62.2 Å². The van der Waals surface area contributed by atoms with E-state index in [-0.39, 0.29) is 0 Å². The maximum atomic E-state index is 8.97. The third-order valence-corrected chi connectivity index (χ3v) is 7.13. The lowest BCUT2D eigenvalue weighted by atomic mass is 9.57. The first-order chi connectivity index (χ1) is 15.2. The van der Waals surface area contributed by atoms with Crippen LogP contribution < -0.4 is 10.6 Å². The zero-order valence-electron chi connectivity index (χ0n) is 17.2. The monoisotopic (exact) mass is 412 g/mol. The second-order valence-corrected chi connectivity index (χ2v) is 8.94. The number of anilines is 3. The summed E-state index contributed by atoms with van der Waals surface area (Å²) < 4.78 is 0. The third kappa shape index (κ3) is 3.08. The molecular formula is C23H24N8. The van der Waals surface area contributed by atoms with Gasteiger partial charge in [-0.05, 0) is 50.3 Å². The Morgan fingerprint density at radius 1 is 1.10 bits per heavy atom. The number of piperidine rings is 2. The minimum atomic E-state index is 0.338. The molecule has 0 aliphatic carbocycles. The van der Waals surface area contributed by atoms with Crippen LogP contribution in [-0.4, -0.2) is 48.5 Å². The summed E-state index contributed by atoms with van der Waals surface area (Å²) in [5.41, 5.74) is 1.23. The lowest BCUT2D eigenvalue weighted by Gasteiger charge is -2.74. The maximum absolute atomic E-state index is 8.97. The van der Waals surface area contributed by atoms with Crippen LogP contribution in [0.3, 0.4) is 0 Å². The summed E-state index contributed by atoms with van der Waals surface area (Å²) in [5.74, 6) is 2.05. The summed E-state index contributed by atoms with van der Waals surface area (Å²) in [6.45, 7) is 0. The van der Waals surface area contributed by atoms with Gasteiger partial charge < -0.3 is 10.6 Å². The molecule has 0 saturated carbocycles. The van der Waals surface area contributed by atoms with E-state index in [0.29, 0.717) is 41.9 Å². The number of hydrogen-bond acceptors (Lipinski definition) is 8. The Bertz CT molecular complexity index is 1140. The van der Waals surface area contributed by atoms with Crippen LogP contribution >= 0.6 is 0 Å². The van der Waals surface area contributed by atoms with Crippen molar-refractivity contribution < 1.29 is 0 Å². The molecule has 8 heteroatoms. The molecule has 0 amide bonds. The number of nitriles is 1. The Balaban J connectivity index is 1.22. The molecular weight excluding hydrogens is 388 g/mol. The fourth-order valence-electron chi connectivity index (χ4n) is 6.02. The summed E-state index contributed by atoms with van der Waals surface area (Å²) in [5, 5.41) is 16.9. The van der Waals surface area contributed by atoms with Gasteiger partial charge in [-0.3, -0.25) is 9.88 Å². The number of rotatable bonds is 6. The standard InChI is InChI=1S/C23H24N8/c24-6-2-5-23-13-16-10-15(11-17(14-23)31(16)23)28-21-18-4-1-7-25-19(18)12-20(29-21)30-22-26-8-3-9-27-22/h1,3-4,7-9,12,15-17H,2,5,10-11,13-14H2,(H2,26,27,28,29,30)/t15-,16+,17-,23?. The number of aromatic nitrogens is 4. The number of pyridine rings is 2. The first-order valence-corrected chi connectivity index (χ1v) is 11.0. The lowest BCUT2D eigenvalue weighted by Crippen LogP contribution is -2.81. The number of hydrogen-bond donors (Lipinski definition) is 2. The molecule has 3 aliphatic heterocycles. The largest absolute Gasteiger partial charge is 0.367 e. The second-order valence-electron chi connectivity index (χ2n) is 8.94. The van der Waals surface area contributed by atoms with Gasteiger partial charge in [0.2, 0.25) is 5.95 Å². The highest BCUT2D eigenvalue weighted by molar-refractivity contribution is 5.91. The third-order valence-electron chi connectivity index (χ3n) is 7.13. The van der Waals surface area contributed by atoms with E-state index < -0.39 is 0 Å². The lowest BCUT2D eigenvalue weighted by molar-refractivity contribution is -0.222.